The fourth-order valence-corrected chi connectivity index (χ4v) is 3.56. The van der Waals surface area contributed by atoms with Crippen LogP contribution in [0.5, 0.6) is 5.75 Å². The Morgan fingerprint density at radius 1 is 0.960 bits per heavy atom. The molecule has 0 heterocycles. The van der Waals surface area contributed by atoms with Crippen LogP contribution in [0.4, 0.5) is 0 Å². The topological polar surface area (TPSA) is 63.6 Å². The van der Waals surface area contributed by atoms with Gasteiger partial charge in [0.1, 0.15) is 17.6 Å². The van der Waals surface area contributed by atoms with E-state index in [1.54, 1.807) is 6.92 Å². The summed E-state index contributed by atoms with van der Waals surface area (Å²) < 4.78 is 37.5. The predicted octanol–water partition coefficient (Wildman–Crippen LogP) is 5.20. The Kier molecular flexibility index (Phi) is 10.1. The first-order chi connectivity index (χ1) is 11.9. The van der Waals surface area contributed by atoms with Crippen molar-refractivity contribution in [1.29, 1.82) is 0 Å². The van der Waals surface area contributed by atoms with Gasteiger partial charge in [-0.3, -0.25) is 4.55 Å². The summed E-state index contributed by atoms with van der Waals surface area (Å²) in [5.41, 5.74) is 2.68. The number of hydrogen-bond acceptors (Lipinski definition) is 3. The molecule has 0 bridgehead atoms. The standard InChI is InChI=1S/C20H34O4S/c1-4-7-9-11-17-13-14-19(15-18(17)12-10-8-5-2)24-16-20(6-3)25(21,22)23/h13-15,20H,4-12,16H2,1-3H3,(H,21,22,23). The van der Waals surface area contributed by atoms with Crippen LogP contribution in [0.15, 0.2) is 18.2 Å². The van der Waals surface area contributed by atoms with E-state index in [2.05, 4.69) is 19.9 Å². The molecule has 0 saturated heterocycles. The molecule has 5 heteroatoms. The Morgan fingerprint density at radius 2 is 1.56 bits per heavy atom. The molecule has 0 radical (unpaired) electrons. The Bertz CT molecular complexity index is 596. The van der Waals surface area contributed by atoms with Gasteiger partial charge in [0.15, 0.2) is 0 Å². The van der Waals surface area contributed by atoms with E-state index in [1.165, 1.54) is 43.2 Å². The van der Waals surface area contributed by atoms with Crippen molar-refractivity contribution in [1.82, 2.24) is 0 Å². The molecular weight excluding hydrogens is 336 g/mol. The van der Waals surface area contributed by atoms with Gasteiger partial charge in [0.2, 0.25) is 0 Å². The average molecular weight is 371 g/mol. The van der Waals surface area contributed by atoms with Crippen LogP contribution in [0.25, 0.3) is 0 Å². The third-order valence-electron chi connectivity index (χ3n) is 4.59. The number of ether oxygens (including phenoxy) is 1. The van der Waals surface area contributed by atoms with Crippen molar-refractivity contribution >= 4 is 10.1 Å². The smallest absolute Gasteiger partial charge is 0.271 e. The van der Waals surface area contributed by atoms with Gasteiger partial charge in [0, 0.05) is 0 Å². The lowest BCUT2D eigenvalue weighted by atomic mass is 9.97. The van der Waals surface area contributed by atoms with Gasteiger partial charge in [-0.2, -0.15) is 8.42 Å². The van der Waals surface area contributed by atoms with Crippen molar-refractivity contribution in [3.8, 4) is 5.75 Å². The number of unbranched alkanes of at least 4 members (excludes halogenated alkanes) is 4. The second-order valence-corrected chi connectivity index (χ2v) is 8.40. The fraction of sp³-hybridized carbons (Fsp3) is 0.700. The molecule has 4 nitrogen and oxygen atoms in total. The lowest BCUT2D eigenvalue weighted by Crippen LogP contribution is -2.26. The van der Waals surface area contributed by atoms with E-state index < -0.39 is 15.4 Å². The molecule has 144 valence electrons. The zero-order chi connectivity index (χ0) is 18.7. The van der Waals surface area contributed by atoms with Gasteiger partial charge in [0.25, 0.3) is 10.1 Å². The van der Waals surface area contributed by atoms with Crippen LogP contribution in [-0.2, 0) is 23.0 Å². The highest BCUT2D eigenvalue weighted by molar-refractivity contribution is 7.86. The summed E-state index contributed by atoms with van der Waals surface area (Å²) in [6.45, 7) is 6.12. The van der Waals surface area contributed by atoms with Gasteiger partial charge in [-0.25, -0.2) is 0 Å². The van der Waals surface area contributed by atoms with Crippen molar-refractivity contribution in [2.45, 2.75) is 83.8 Å². The summed E-state index contributed by atoms with van der Waals surface area (Å²) in [5, 5.41) is -0.875. The van der Waals surface area contributed by atoms with Gasteiger partial charge in [0.05, 0.1) is 0 Å². The van der Waals surface area contributed by atoms with E-state index in [1.807, 2.05) is 12.1 Å². The molecule has 0 saturated carbocycles. The summed E-state index contributed by atoms with van der Waals surface area (Å²) in [6.07, 6.45) is 9.63. The van der Waals surface area contributed by atoms with Crippen LogP contribution in [0, 0.1) is 0 Å². The third kappa shape index (κ3) is 8.23. The SMILES string of the molecule is CCCCCc1ccc(OCC(CC)S(=O)(=O)O)cc1CCCCC. The number of benzene rings is 1. The summed E-state index contributed by atoms with van der Waals surface area (Å²) in [4.78, 5) is 0. The van der Waals surface area contributed by atoms with Crippen molar-refractivity contribution in [2.75, 3.05) is 6.61 Å². The van der Waals surface area contributed by atoms with Crippen molar-refractivity contribution in [2.24, 2.45) is 0 Å². The quantitative estimate of drug-likeness (QED) is 0.383. The monoisotopic (exact) mass is 370 g/mol. The average Bonchev–Trinajstić information content (AvgIpc) is 2.56. The normalized spacial score (nSPS) is 13.0. The molecule has 1 aromatic carbocycles. The van der Waals surface area contributed by atoms with Crippen molar-refractivity contribution in [3.63, 3.8) is 0 Å². The minimum Gasteiger partial charge on any atom is -0.492 e. The van der Waals surface area contributed by atoms with Crippen LogP contribution < -0.4 is 4.74 Å². The van der Waals surface area contributed by atoms with Gasteiger partial charge < -0.3 is 4.74 Å². The van der Waals surface area contributed by atoms with E-state index in [-0.39, 0.29) is 6.61 Å². The van der Waals surface area contributed by atoms with Gasteiger partial charge in [-0.05, 0) is 55.4 Å². The minimum atomic E-state index is -4.06. The molecule has 1 N–H and O–H groups in total. The predicted molar refractivity (Wildman–Crippen MR) is 104 cm³/mol. The van der Waals surface area contributed by atoms with Gasteiger partial charge in [-0.1, -0.05) is 52.5 Å². The highest BCUT2D eigenvalue weighted by Gasteiger charge is 2.21. The Hall–Kier alpha value is -1.07. The molecule has 1 aromatic rings. The molecule has 0 fully saturated rings. The highest BCUT2D eigenvalue weighted by atomic mass is 32.2. The first-order valence-corrected chi connectivity index (χ1v) is 11.1. The maximum atomic E-state index is 11.3. The molecule has 0 aromatic heterocycles. The molecule has 0 amide bonds. The summed E-state index contributed by atoms with van der Waals surface area (Å²) in [7, 11) is -4.06. The highest BCUT2D eigenvalue weighted by Crippen LogP contribution is 2.23. The Labute approximate surface area is 153 Å². The van der Waals surface area contributed by atoms with E-state index in [9.17, 15) is 13.0 Å². The lowest BCUT2D eigenvalue weighted by molar-refractivity contribution is 0.302. The maximum absolute atomic E-state index is 11.3. The second kappa shape index (κ2) is 11.5. The van der Waals surface area contributed by atoms with Gasteiger partial charge in [-0.15, -0.1) is 0 Å². The molecule has 0 aliphatic rings. The molecule has 0 spiro atoms. The summed E-state index contributed by atoms with van der Waals surface area (Å²) in [5.74, 6) is 0.688. The maximum Gasteiger partial charge on any atom is 0.271 e. The molecule has 25 heavy (non-hydrogen) atoms. The lowest BCUT2D eigenvalue weighted by Gasteiger charge is -2.16. The van der Waals surface area contributed by atoms with Gasteiger partial charge >= 0.3 is 0 Å². The van der Waals surface area contributed by atoms with E-state index in [4.69, 9.17) is 4.74 Å². The van der Waals surface area contributed by atoms with Crippen LogP contribution >= 0.6 is 0 Å². The summed E-state index contributed by atoms with van der Waals surface area (Å²) >= 11 is 0. The van der Waals surface area contributed by atoms with Crippen LogP contribution in [0.3, 0.4) is 0 Å². The van der Waals surface area contributed by atoms with E-state index in [0.29, 0.717) is 12.2 Å². The fourth-order valence-electron chi connectivity index (χ4n) is 2.90. The molecule has 1 rings (SSSR count). The number of hydrogen-bond donors (Lipinski definition) is 1. The van der Waals surface area contributed by atoms with E-state index >= 15 is 0 Å². The third-order valence-corrected chi connectivity index (χ3v) is 5.90. The molecule has 1 unspecified atom stereocenters. The molecule has 0 aliphatic heterocycles. The molecular formula is C20H34O4S. The zero-order valence-corrected chi connectivity index (χ0v) is 16.8. The van der Waals surface area contributed by atoms with Crippen molar-refractivity contribution < 1.29 is 17.7 Å². The first-order valence-electron chi connectivity index (χ1n) is 9.63. The first kappa shape index (κ1) is 22.0. The molecule has 1 atom stereocenters. The largest absolute Gasteiger partial charge is 0.492 e. The number of rotatable bonds is 13. The van der Waals surface area contributed by atoms with Crippen LogP contribution in [0.2, 0.25) is 0 Å². The minimum absolute atomic E-state index is 0.0150. The zero-order valence-electron chi connectivity index (χ0n) is 16.0. The number of aryl methyl sites for hydroxylation is 2. The summed E-state index contributed by atoms with van der Waals surface area (Å²) in [6, 6.07) is 6.08. The van der Waals surface area contributed by atoms with Crippen molar-refractivity contribution in [3.05, 3.63) is 29.3 Å². The van der Waals surface area contributed by atoms with E-state index in [0.717, 1.165) is 19.3 Å². The second-order valence-electron chi connectivity index (χ2n) is 6.70. The van der Waals surface area contributed by atoms with Crippen LogP contribution in [-0.4, -0.2) is 24.8 Å². The van der Waals surface area contributed by atoms with Crippen LogP contribution in [0.1, 0.15) is 76.8 Å². The Morgan fingerprint density at radius 3 is 2.08 bits per heavy atom. The Balaban J connectivity index is 2.81. The molecule has 0 aliphatic carbocycles.